The molecule has 4 nitrogen and oxygen atoms in total. The Morgan fingerprint density at radius 1 is 1.14 bits per heavy atom. The van der Waals surface area contributed by atoms with Gasteiger partial charge in [-0.1, -0.05) is 43.2 Å². The molecule has 5 heteroatoms. The van der Waals surface area contributed by atoms with Gasteiger partial charge in [0.05, 0.1) is 5.56 Å². The number of rotatable bonds is 8. The van der Waals surface area contributed by atoms with Crippen molar-refractivity contribution in [3.8, 4) is 0 Å². The first-order valence-corrected chi connectivity index (χ1v) is 11.8. The van der Waals surface area contributed by atoms with Crippen molar-refractivity contribution in [1.82, 2.24) is 15.2 Å². The number of carbonyl (C=O) groups is 1. The summed E-state index contributed by atoms with van der Waals surface area (Å²) >= 11 is 1.51. The van der Waals surface area contributed by atoms with Crippen LogP contribution in [0.3, 0.4) is 0 Å². The molecule has 0 spiro atoms. The van der Waals surface area contributed by atoms with Gasteiger partial charge in [0.15, 0.2) is 0 Å². The molecule has 0 saturated heterocycles. The summed E-state index contributed by atoms with van der Waals surface area (Å²) < 4.78 is 0. The zero-order chi connectivity index (χ0) is 20.6. The zero-order valence-corrected chi connectivity index (χ0v) is 18.6. The molecule has 1 aromatic carbocycles. The molecule has 1 saturated carbocycles. The molecule has 0 radical (unpaired) electrons. The molecule has 3 rings (SSSR count). The van der Waals surface area contributed by atoms with Crippen molar-refractivity contribution in [1.29, 1.82) is 0 Å². The third kappa shape index (κ3) is 5.83. The number of hydrogen-bond acceptors (Lipinski definition) is 4. The second-order valence-electron chi connectivity index (χ2n) is 8.20. The van der Waals surface area contributed by atoms with E-state index in [0.29, 0.717) is 23.4 Å². The molecule has 1 atom stereocenters. The maximum absolute atomic E-state index is 12.5. The van der Waals surface area contributed by atoms with Crippen LogP contribution in [0.4, 0.5) is 0 Å². The van der Waals surface area contributed by atoms with Crippen LogP contribution >= 0.6 is 11.8 Å². The van der Waals surface area contributed by atoms with E-state index in [9.17, 15) is 4.79 Å². The number of carbonyl (C=O) groups excluding carboxylic acids is 1. The fourth-order valence-electron chi connectivity index (χ4n) is 4.65. The van der Waals surface area contributed by atoms with Gasteiger partial charge in [-0.25, -0.2) is 4.98 Å². The van der Waals surface area contributed by atoms with Crippen LogP contribution in [0.2, 0.25) is 0 Å². The van der Waals surface area contributed by atoms with Crippen LogP contribution in [-0.4, -0.2) is 42.7 Å². The monoisotopic (exact) mass is 411 g/mol. The maximum atomic E-state index is 12.5. The largest absolute Gasteiger partial charge is 0.352 e. The van der Waals surface area contributed by atoms with Crippen molar-refractivity contribution in [3.63, 3.8) is 0 Å². The topological polar surface area (TPSA) is 45.2 Å². The van der Waals surface area contributed by atoms with Crippen LogP contribution in [0, 0.1) is 11.8 Å². The highest BCUT2D eigenvalue weighted by atomic mass is 32.2. The number of aromatic nitrogens is 1. The minimum absolute atomic E-state index is 0.00659. The fourth-order valence-corrected chi connectivity index (χ4v) is 5.19. The number of pyridine rings is 1. The van der Waals surface area contributed by atoms with Crippen molar-refractivity contribution in [3.05, 3.63) is 59.8 Å². The summed E-state index contributed by atoms with van der Waals surface area (Å²) in [5.41, 5.74) is 2.11. The highest BCUT2D eigenvalue weighted by Crippen LogP contribution is 2.40. The summed E-state index contributed by atoms with van der Waals surface area (Å²) in [6.07, 6.45) is 9.77. The Labute approximate surface area is 179 Å². The Bertz CT molecular complexity index is 773. The lowest BCUT2D eigenvalue weighted by Crippen LogP contribution is -2.31. The molecule has 1 amide bonds. The molecule has 1 heterocycles. The molecule has 1 N–H and O–H groups in total. The number of nitrogens with zero attached hydrogens (tertiary/aromatic N) is 2. The maximum Gasteiger partial charge on any atom is 0.254 e. The molecule has 0 aliphatic heterocycles. The van der Waals surface area contributed by atoms with E-state index >= 15 is 0 Å². The van der Waals surface area contributed by atoms with Crippen LogP contribution in [0.25, 0.3) is 0 Å². The van der Waals surface area contributed by atoms with Crippen LogP contribution < -0.4 is 5.32 Å². The average Bonchev–Trinajstić information content (AvgIpc) is 2.75. The molecule has 1 fully saturated rings. The molecule has 2 aromatic rings. The molecule has 1 aliphatic carbocycles. The Morgan fingerprint density at radius 3 is 2.52 bits per heavy atom. The molecule has 0 bridgehead atoms. The van der Waals surface area contributed by atoms with Gasteiger partial charge in [-0.3, -0.25) is 4.79 Å². The van der Waals surface area contributed by atoms with E-state index in [-0.39, 0.29) is 5.91 Å². The quantitative estimate of drug-likeness (QED) is 0.619. The van der Waals surface area contributed by atoms with E-state index in [0.717, 1.165) is 18.0 Å². The van der Waals surface area contributed by atoms with Crippen LogP contribution in [0.15, 0.2) is 53.7 Å². The van der Waals surface area contributed by atoms with Crippen LogP contribution in [0.1, 0.15) is 54.1 Å². The number of nitrogens with one attached hydrogen (secondary N) is 1. The zero-order valence-electron chi connectivity index (χ0n) is 17.8. The van der Waals surface area contributed by atoms with Gasteiger partial charge in [-0.2, -0.15) is 0 Å². The fraction of sp³-hybridized carbons (Fsp3) is 0.500. The first kappa shape index (κ1) is 21.8. The van der Waals surface area contributed by atoms with Gasteiger partial charge in [-0.05, 0) is 69.1 Å². The summed E-state index contributed by atoms with van der Waals surface area (Å²) in [4.78, 5) is 19.1. The van der Waals surface area contributed by atoms with Crippen molar-refractivity contribution in [2.75, 3.05) is 26.9 Å². The highest BCUT2D eigenvalue weighted by Gasteiger charge is 2.29. The van der Waals surface area contributed by atoms with Crippen molar-refractivity contribution >= 4 is 17.7 Å². The first-order chi connectivity index (χ1) is 14.1. The lowest BCUT2D eigenvalue weighted by Gasteiger charge is -2.37. The van der Waals surface area contributed by atoms with Gasteiger partial charge in [0.25, 0.3) is 5.91 Å². The van der Waals surface area contributed by atoms with Gasteiger partial charge in [0, 0.05) is 18.8 Å². The van der Waals surface area contributed by atoms with E-state index in [1.165, 1.54) is 43.0 Å². The summed E-state index contributed by atoms with van der Waals surface area (Å²) in [7, 11) is 4.39. The number of amides is 1. The predicted molar refractivity (Wildman–Crippen MR) is 121 cm³/mol. The standard InChI is InChI=1S/C24H33N3OS/c1-27(2)22(19-8-5-4-6-9-19)20-13-11-18(12-14-20)15-17-25-23(28)21-10-7-16-26-24(21)29-3/h4-10,16,18,20,22H,11-15,17H2,1-3H3,(H,25,28). The molecular formula is C24H33N3OS. The minimum Gasteiger partial charge on any atom is -0.352 e. The Hall–Kier alpha value is -1.85. The summed E-state index contributed by atoms with van der Waals surface area (Å²) in [6, 6.07) is 15.1. The number of benzene rings is 1. The van der Waals surface area contributed by atoms with Crippen molar-refractivity contribution in [2.24, 2.45) is 11.8 Å². The summed E-state index contributed by atoms with van der Waals surface area (Å²) in [5, 5.41) is 3.89. The average molecular weight is 412 g/mol. The van der Waals surface area contributed by atoms with Gasteiger partial charge in [0.1, 0.15) is 5.03 Å². The predicted octanol–water partition coefficient (Wildman–Crippen LogP) is 5.03. The van der Waals surface area contributed by atoms with E-state index in [4.69, 9.17) is 0 Å². The molecule has 1 aromatic heterocycles. The molecule has 29 heavy (non-hydrogen) atoms. The summed E-state index contributed by atoms with van der Waals surface area (Å²) in [5.74, 6) is 1.41. The normalized spacial score (nSPS) is 20.4. The smallest absolute Gasteiger partial charge is 0.254 e. The van der Waals surface area contributed by atoms with Crippen molar-refractivity contribution < 1.29 is 4.79 Å². The molecule has 1 unspecified atom stereocenters. The van der Waals surface area contributed by atoms with Gasteiger partial charge in [-0.15, -0.1) is 11.8 Å². The summed E-state index contributed by atoms with van der Waals surface area (Å²) in [6.45, 7) is 0.743. The highest BCUT2D eigenvalue weighted by molar-refractivity contribution is 7.98. The van der Waals surface area contributed by atoms with E-state index in [1.54, 1.807) is 6.20 Å². The first-order valence-electron chi connectivity index (χ1n) is 10.6. The second-order valence-corrected chi connectivity index (χ2v) is 9.00. The molecule has 1 aliphatic rings. The second kappa shape index (κ2) is 10.8. The molecular weight excluding hydrogens is 378 g/mol. The van der Waals surface area contributed by atoms with Gasteiger partial charge < -0.3 is 10.2 Å². The van der Waals surface area contributed by atoms with Gasteiger partial charge >= 0.3 is 0 Å². The third-order valence-electron chi connectivity index (χ3n) is 6.08. The van der Waals surface area contributed by atoms with Gasteiger partial charge in [0.2, 0.25) is 0 Å². The lowest BCUT2D eigenvalue weighted by atomic mass is 9.75. The third-order valence-corrected chi connectivity index (χ3v) is 6.79. The molecule has 156 valence electrons. The van der Waals surface area contributed by atoms with Crippen LogP contribution in [-0.2, 0) is 0 Å². The minimum atomic E-state index is -0.00659. The number of thioether (sulfide) groups is 1. The van der Waals surface area contributed by atoms with E-state index < -0.39 is 0 Å². The number of hydrogen-bond donors (Lipinski definition) is 1. The Morgan fingerprint density at radius 2 is 1.86 bits per heavy atom. The Kier molecular flexibility index (Phi) is 8.13. The van der Waals surface area contributed by atoms with Crippen molar-refractivity contribution in [2.45, 2.75) is 43.2 Å². The van der Waals surface area contributed by atoms with E-state index in [1.807, 2.05) is 18.4 Å². The van der Waals surface area contributed by atoms with E-state index in [2.05, 4.69) is 59.6 Å². The lowest BCUT2D eigenvalue weighted by molar-refractivity contribution is 0.0943. The Balaban J connectivity index is 1.47. The SMILES string of the molecule is CSc1ncccc1C(=O)NCCC1CCC(C(c2ccccc2)N(C)C)CC1. The van der Waals surface area contributed by atoms with Crippen LogP contribution in [0.5, 0.6) is 0 Å².